The van der Waals surface area contributed by atoms with Gasteiger partial charge >= 0.3 is 0 Å². The molecular weight excluding hydrogens is 639 g/mol. The van der Waals surface area contributed by atoms with Crippen molar-refractivity contribution in [1.29, 1.82) is 0 Å². The van der Waals surface area contributed by atoms with Gasteiger partial charge in [0.2, 0.25) is 0 Å². The Balaban J connectivity index is 1.48. The van der Waals surface area contributed by atoms with Crippen molar-refractivity contribution in [2.75, 3.05) is 13.7 Å². The molecule has 33 heavy (non-hydrogen) atoms. The number of carbonyl (C=O) groups excluding carboxylic acids is 1. The fraction of sp³-hybridized carbons (Fsp3) is 0.167. The maximum absolute atomic E-state index is 12.8. The Morgan fingerprint density at radius 2 is 1.73 bits per heavy atom. The van der Waals surface area contributed by atoms with Crippen molar-refractivity contribution in [2.24, 2.45) is 5.10 Å². The van der Waals surface area contributed by atoms with Crippen LogP contribution in [0, 0.1) is 0 Å². The average molecular weight is 658 g/mol. The fourth-order valence-corrected chi connectivity index (χ4v) is 5.24. The number of methoxy groups -OCH3 is 1. The van der Waals surface area contributed by atoms with Gasteiger partial charge in [0, 0.05) is 22.0 Å². The highest BCUT2D eigenvalue weighted by Gasteiger charge is 2.24. The van der Waals surface area contributed by atoms with E-state index >= 15 is 0 Å². The van der Waals surface area contributed by atoms with E-state index in [2.05, 4.69) is 52.9 Å². The number of hydrazone groups is 1. The molecule has 1 heterocycles. The highest BCUT2D eigenvalue weighted by Crippen LogP contribution is 2.36. The average Bonchev–Trinajstić information content (AvgIpc) is 3.30. The van der Waals surface area contributed by atoms with Crippen LogP contribution in [0.4, 0.5) is 0 Å². The second-order valence-corrected chi connectivity index (χ2v) is 10.2. The maximum atomic E-state index is 12.8. The maximum Gasteiger partial charge on any atom is 0.274 e. The van der Waals surface area contributed by atoms with Gasteiger partial charge < -0.3 is 9.47 Å². The zero-order valence-corrected chi connectivity index (χ0v) is 23.0. The third-order valence-corrected chi connectivity index (χ3v) is 7.47. The van der Waals surface area contributed by atoms with E-state index in [9.17, 15) is 4.79 Å². The minimum atomic E-state index is -0.167. The van der Waals surface area contributed by atoms with Crippen molar-refractivity contribution in [1.82, 2.24) is 5.01 Å². The van der Waals surface area contributed by atoms with Crippen LogP contribution in [0.1, 0.15) is 27.9 Å². The highest BCUT2D eigenvalue weighted by molar-refractivity contribution is 9.11. The van der Waals surface area contributed by atoms with Gasteiger partial charge in [-0.1, -0.05) is 23.7 Å². The SMILES string of the molecule is COc1ccc(COc2c(Br)cc(C3=NN(C(=O)c4ccc(Cl)c(Br)c4)CC3)cc2Br)cc1. The van der Waals surface area contributed by atoms with E-state index in [0.29, 0.717) is 40.4 Å². The van der Waals surface area contributed by atoms with Crippen LogP contribution in [0.25, 0.3) is 0 Å². The van der Waals surface area contributed by atoms with E-state index in [1.54, 1.807) is 25.3 Å². The smallest absolute Gasteiger partial charge is 0.274 e. The summed E-state index contributed by atoms with van der Waals surface area (Å²) in [6.45, 7) is 0.930. The van der Waals surface area contributed by atoms with E-state index < -0.39 is 0 Å². The lowest BCUT2D eigenvalue weighted by Crippen LogP contribution is -2.23. The zero-order valence-electron chi connectivity index (χ0n) is 17.4. The lowest BCUT2D eigenvalue weighted by molar-refractivity contribution is 0.0778. The predicted octanol–water partition coefficient (Wildman–Crippen LogP) is 7.47. The van der Waals surface area contributed by atoms with Gasteiger partial charge in [-0.3, -0.25) is 4.79 Å². The molecule has 0 aromatic heterocycles. The zero-order chi connectivity index (χ0) is 23.5. The van der Waals surface area contributed by atoms with Crippen LogP contribution in [0.3, 0.4) is 0 Å². The molecule has 0 N–H and O–H groups in total. The van der Waals surface area contributed by atoms with Crippen molar-refractivity contribution >= 4 is 71.0 Å². The first-order valence-electron chi connectivity index (χ1n) is 9.95. The Morgan fingerprint density at radius 1 is 1.03 bits per heavy atom. The van der Waals surface area contributed by atoms with Crippen LogP contribution in [0.2, 0.25) is 5.02 Å². The summed E-state index contributed by atoms with van der Waals surface area (Å²) in [5.41, 5.74) is 3.31. The third kappa shape index (κ3) is 5.62. The van der Waals surface area contributed by atoms with Crippen LogP contribution in [0.5, 0.6) is 11.5 Å². The van der Waals surface area contributed by atoms with Gasteiger partial charge in [-0.25, -0.2) is 5.01 Å². The molecule has 1 aliphatic heterocycles. The molecule has 0 radical (unpaired) electrons. The third-order valence-electron chi connectivity index (χ3n) is 5.08. The number of benzene rings is 3. The molecule has 0 atom stereocenters. The Bertz CT molecular complexity index is 1210. The molecule has 170 valence electrons. The van der Waals surface area contributed by atoms with Gasteiger partial charge in [0.05, 0.1) is 33.3 Å². The van der Waals surface area contributed by atoms with Gasteiger partial charge in [0.15, 0.2) is 0 Å². The monoisotopic (exact) mass is 654 g/mol. The summed E-state index contributed by atoms with van der Waals surface area (Å²) >= 11 is 16.6. The highest BCUT2D eigenvalue weighted by atomic mass is 79.9. The van der Waals surface area contributed by atoms with Crippen LogP contribution >= 0.6 is 59.4 Å². The van der Waals surface area contributed by atoms with E-state index in [1.807, 2.05) is 36.4 Å². The standard InChI is InChI=1S/C24H18Br3ClN2O3/c1-32-17-5-2-14(3-6-17)13-33-23-19(26)11-16(12-20(23)27)22-8-9-30(29-22)24(31)15-4-7-21(28)18(25)10-15/h2-7,10-12H,8-9,13H2,1H3. The number of nitrogens with zero attached hydrogens (tertiary/aromatic N) is 2. The first-order valence-corrected chi connectivity index (χ1v) is 12.7. The van der Waals surface area contributed by atoms with Crippen molar-refractivity contribution in [3.8, 4) is 11.5 Å². The molecule has 0 unspecified atom stereocenters. The lowest BCUT2D eigenvalue weighted by Gasteiger charge is -2.13. The minimum Gasteiger partial charge on any atom is -0.497 e. The first kappa shape index (κ1) is 24.3. The molecule has 3 aromatic carbocycles. The molecular formula is C24H18Br3ClN2O3. The lowest BCUT2D eigenvalue weighted by atomic mass is 10.1. The second kappa shape index (κ2) is 10.6. The summed E-state index contributed by atoms with van der Waals surface area (Å²) in [6, 6.07) is 16.8. The number of amides is 1. The van der Waals surface area contributed by atoms with Gasteiger partial charge in [-0.05, 0) is 95.8 Å². The Labute approximate surface area is 222 Å². The minimum absolute atomic E-state index is 0.167. The topological polar surface area (TPSA) is 51.1 Å². The molecule has 0 saturated carbocycles. The Hall–Kier alpha value is -1.87. The van der Waals surface area contributed by atoms with Crippen molar-refractivity contribution in [3.05, 3.63) is 89.7 Å². The number of carbonyl (C=O) groups is 1. The molecule has 5 nitrogen and oxygen atoms in total. The van der Waals surface area contributed by atoms with Crippen molar-refractivity contribution in [2.45, 2.75) is 13.0 Å². The van der Waals surface area contributed by atoms with Crippen LogP contribution < -0.4 is 9.47 Å². The van der Waals surface area contributed by atoms with Crippen LogP contribution in [0.15, 0.2) is 73.1 Å². The largest absolute Gasteiger partial charge is 0.497 e. The quantitative estimate of drug-likeness (QED) is 0.277. The molecule has 3 aromatic rings. The summed E-state index contributed by atoms with van der Waals surface area (Å²) in [6.07, 6.45) is 0.658. The van der Waals surface area contributed by atoms with E-state index in [4.69, 9.17) is 21.1 Å². The fourth-order valence-electron chi connectivity index (χ4n) is 3.33. The van der Waals surface area contributed by atoms with Crippen molar-refractivity contribution in [3.63, 3.8) is 0 Å². The van der Waals surface area contributed by atoms with Gasteiger partial charge in [0.25, 0.3) is 5.91 Å². The number of hydrogen-bond acceptors (Lipinski definition) is 4. The van der Waals surface area contributed by atoms with Crippen LogP contribution in [-0.4, -0.2) is 30.3 Å². The predicted molar refractivity (Wildman–Crippen MR) is 141 cm³/mol. The molecule has 9 heteroatoms. The molecule has 0 saturated heterocycles. The summed E-state index contributed by atoms with van der Waals surface area (Å²) < 4.78 is 13.5. The van der Waals surface area contributed by atoms with Crippen molar-refractivity contribution < 1.29 is 14.3 Å². The van der Waals surface area contributed by atoms with Crippen LogP contribution in [-0.2, 0) is 6.61 Å². The summed E-state index contributed by atoms with van der Waals surface area (Å²) in [4.78, 5) is 12.8. The van der Waals surface area contributed by atoms with Gasteiger partial charge in [0.1, 0.15) is 18.1 Å². The second-order valence-electron chi connectivity index (χ2n) is 7.26. The molecule has 0 aliphatic carbocycles. The molecule has 0 spiro atoms. The van der Waals surface area contributed by atoms with Gasteiger partial charge in [-0.2, -0.15) is 5.10 Å². The Morgan fingerprint density at radius 3 is 2.36 bits per heavy atom. The summed E-state index contributed by atoms with van der Waals surface area (Å²) in [5, 5.41) is 6.61. The summed E-state index contributed by atoms with van der Waals surface area (Å²) in [5.74, 6) is 1.34. The van der Waals surface area contributed by atoms with E-state index in [-0.39, 0.29) is 5.91 Å². The summed E-state index contributed by atoms with van der Waals surface area (Å²) in [7, 11) is 1.64. The first-order chi connectivity index (χ1) is 15.9. The Kier molecular flexibility index (Phi) is 7.79. The van der Waals surface area contributed by atoms with Gasteiger partial charge in [-0.15, -0.1) is 0 Å². The van der Waals surface area contributed by atoms with E-state index in [0.717, 1.165) is 31.5 Å². The number of halogens is 4. The molecule has 4 rings (SSSR count). The normalized spacial score (nSPS) is 13.1. The number of hydrogen-bond donors (Lipinski definition) is 0. The molecule has 1 amide bonds. The molecule has 0 fully saturated rings. The molecule has 0 bridgehead atoms. The number of rotatable bonds is 6. The number of ether oxygens (including phenoxy) is 2. The molecule has 1 aliphatic rings. The van der Waals surface area contributed by atoms with E-state index in [1.165, 1.54) is 5.01 Å².